The second-order valence-electron chi connectivity index (χ2n) is 7.15. The Morgan fingerprint density at radius 1 is 1.14 bits per heavy atom. The Morgan fingerprint density at radius 3 is 2.48 bits per heavy atom. The van der Waals surface area contributed by atoms with Crippen LogP contribution in [-0.2, 0) is 11.8 Å². The number of rotatable bonds is 8. The number of methoxy groups -OCH3 is 1. The smallest absolute Gasteiger partial charge is 0.231 e. The highest BCUT2D eigenvalue weighted by Gasteiger charge is 2.29. The number of thioether (sulfide) groups is 1. The molecule has 1 N–H and O–H groups in total. The maximum atomic E-state index is 12.7. The Kier molecular flexibility index (Phi) is 5.85. The van der Waals surface area contributed by atoms with Crippen molar-refractivity contribution in [3.8, 4) is 5.75 Å². The Bertz CT molecular complexity index is 968. The van der Waals surface area contributed by atoms with Crippen LogP contribution in [0.4, 0.5) is 0 Å². The Labute approximate surface area is 174 Å². The van der Waals surface area contributed by atoms with Crippen molar-refractivity contribution in [3.63, 3.8) is 0 Å². The number of carbonyl (C=O) groups is 1. The molecule has 29 heavy (non-hydrogen) atoms. The first kappa shape index (κ1) is 19.5. The summed E-state index contributed by atoms with van der Waals surface area (Å²) in [5, 5.41) is 12.5. The fourth-order valence-corrected chi connectivity index (χ4v) is 4.01. The summed E-state index contributed by atoms with van der Waals surface area (Å²) in [5.41, 5.74) is 2.04. The normalized spacial score (nSPS) is 14.4. The van der Waals surface area contributed by atoms with Gasteiger partial charge >= 0.3 is 0 Å². The second kappa shape index (κ2) is 8.69. The lowest BCUT2D eigenvalue weighted by Crippen LogP contribution is -2.30. The van der Waals surface area contributed by atoms with Crippen LogP contribution in [-0.4, -0.2) is 33.5 Å². The molecule has 7 heteroatoms. The van der Waals surface area contributed by atoms with E-state index in [1.807, 2.05) is 66.2 Å². The zero-order valence-electron chi connectivity index (χ0n) is 16.5. The van der Waals surface area contributed by atoms with Gasteiger partial charge in [-0.15, -0.1) is 10.2 Å². The summed E-state index contributed by atoms with van der Waals surface area (Å²) in [6.45, 7) is 0. The van der Waals surface area contributed by atoms with Gasteiger partial charge in [0, 0.05) is 13.0 Å². The van der Waals surface area contributed by atoms with Crippen molar-refractivity contribution in [1.29, 1.82) is 0 Å². The van der Waals surface area contributed by atoms with E-state index in [9.17, 15) is 4.79 Å². The molecule has 4 rings (SSSR count). The summed E-state index contributed by atoms with van der Waals surface area (Å²) in [7, 11) is 3.61. The van der Waals surface area contributed by atoms with E-state index in [0.29, 0.717) is 5.92 Å². The van der Waals surface area contributed by atoms with Gasteiger partial charge in [-0.05, 0) is 36.1 Å². The Hall–Kier alpha value is -2.80. The fourth-order valence-electron chi connectivity index (χ4n) is 3.28. The molecule has 0 unspecified atom stereocenters. The maximum Gasteiger partial charge on any atom is 0.231 e. The summed E-state index contributed by atoms with van der Waals surface area (Å²) in [5.74, 6) is 2.59. The minimum atomic E-state index is -0.225. The molecule has 0 spiro atoms. The average Bonchev–Trinajstić information content (AvgIpc) is 3.54. The molecule has 1 fully saturated rings. The number of aromatic nitrogens is 3. The van der Waals surface area contributed by atoms with Crippen LogP contribution >= 0.6 is 11.8 Å². The number of carbonyl (C=O) groups excluding carboxylic acids is 1. The van der Waals surface area contributed by atoms with Crippen molar-refractivity contribution < 1.29 is 9.53 Å². The number of benzene rings is 2. The van der Waals surface area contributed by atoms with Crippen LogP contribution < -0.4 is 10.1 Å². The number of nitrogens with zero attached hydrogens (tertiary/aromatic N) is 3. The van der Waals surface area contributed by atoms with Gasteiger partial charge in [-0.25, -0.2) is 0 Å². The van der Waals surface area contributed by atoms with E-state index in [1.165, 1.54) is 24.6 Å². The van der Waals surface area contributed by atoms with Gasteiger partial charge in [0.1, 0.15) is 11.6 Å². The highest BCUT2D eigenvalue weighted by Crippen LogP contribution is 2.39. The van der Waals surface area contributed by atoms with Crippen LogP contribution in [0.3, 0.4) is 0 Å². The van der Waals surface area contributed by atoms with Crippen LogP contribution in [0.25, 0.3) is 0 Å². The molecular formula is C22H24N4O2S. The highest BCUT2D eigenvalue weighted by molar-refractivity contribution is 7.99. The van der Waals surface area contributed by atoms with Crippen LogP contribution in [0.15, 0.2) is 59.8 Å². The van der Waals surface area contributed by atoms with Crippen molar-refractivity contribution in [2.24, 2.45) is 7.05 Å². The van der Waals surface area contributed by atoms with E-state index in [2.05, 4.69) is 15.5 Å². The fraction of sp³-hybridized carbons (Fsp3) is 0.318. The maximum absolute atomic E-state index is 12.7. The average molecular weight is 409 g/mol. The molecule has 1 atom stereocenters. The third-order valence-electron chi connectivity index (χ3n) is 5.03. The van der Waals surface area contributed by atoms with Crippen LogP contribution in [0.5, 0.6) is 5.75 Å². The van der Waals surface area contributed by atoms with Gasteiger partial charge in [-0.1, -0.05) is 54.2 Å². The van der Waals surface area contributed by atoms with Crippen molar-refractivity contribution in [1.82, 2.24) is 20.1 Å². The molecule has 0 aliphatic heterocycles. The molecule has 1 saturated carbocycles. The highest BCUT2D eigenvalue weighted by atomic mass is 32.2. The number of amides is 1. The molecule has 0 radical (unpaired) electrons. The Balaban J connectivity index is 1.46. The second-order valence-corrected chi connectivity index (χ2v) is 8.09. The first-order valence-electron chi connectivity index (χ1n) is 9.66. The van der Waals surface area contributed by atoms with E-state index in [1.54, 1.807) is 7.11 Å². The molecule has 6 nitrogen and oxygen atoms in total. The zero-order valence-corrected chi connectivity index (χ0v) is 17.4. The molecule has 150 valence electrons. The van der Waals surface area contributed by atoms with Gasteiger partial charge in [0.25, 0.3) is 0 Å². The molecular weight excluding hydrogens is 384 g/mol. The largest absolute Gasteiger partial charge is 0.497 e. The predicted octanol–water partition coefficient (Wildman–Crippen LogP) is 3.70. The predicted molar refractivity (Wildman–Crippen MR) is 113 cm³/mol. The summed E-state index contributed by atoms with van der Waals surface area (Å²) >= 11 is 1.42. The summed E-state index contributed by atoms with van der Waals surface area (Å²) in [6, 6.07) is 17.5. The van der Waals surface area contributed by atoms with Crippen LogP contribution in [0, 0.1) is 0 Å². The molecule has 1 heterocycles. The van der Waals surface area contributed by atoms with Gasteiger partial charge in [0.2, 0.25) is 5.91 Å². The van der Waals surface area contributed by atoms with E-state index >= 15 is 0 Å². The standard InChI is InChI=1S/C22H24N4O2S/c1-26-21(17-8-9-17)24-25-22(26)29-14-19(27)23-20(15-6-4-3-5-7-15)16-10-12-18(28-2)13-11-16/h3-7,10-13,17,20H,8-9,14H2,1-2H3,(H,23,27)/t20-/m0/s1. The van der Waals surface area contributed by atoms with Gasteiger partial charge in [-0.3, -0.25) is 4.79 Å². The molecule has 0 bridgehead atoms. The van der Waals surface area contributed by atoms with Crippen LogP contribution in [0.2, 0.25) is 0 Å². The molecule has 2 aromatic carbocycles. The van der Waals surface area contributed by atoms with Crippen molar-refractivity contribution in [2.45, 2.75) is 30.0 Å². The van der Waals surface area contributed by atoms with E-state index in [0.717, 1.165) is 27.9 Å². The SMILES string of the molecule is COc1ccc([C@@H](NC(=O)CSc2nnc(C3CC3)n2C)c2ccccc2)cc1. The zero-order chi connectivity index (χ0) is 20.2. The minimum absolute atomic E-state index is 0.0457. The van der Waals surface area contributed by atoms with Crippen LogP contribution in [0.1, 0.15) is 41.8 Å². The molecule has 0 saturated heterocycles. The topological polar surface area (TPSA) is 69.0 Å². The molecule has 3 aromatic rings. The third-order valence-corrected chi connectivity index (χ3v) is 6.05. The quantitative estimate of drug-likeness (QED) is 0.576. The number of hydrogen-bond donors (Lipinski definition) is 1. The van der Waals surface area contributed by atoms with Gasteiger partial charge < -0.3 is 14.6 Å². The summed E-state index contributed by atoms with van der Waals surface area (Å²) in [6.07, 6.45) is 2.36. The van der Waals surface area contributed by atoms with Crippen molar-refractivity contribution in [2.75, 3.05) is 12.9 Å². The monoisotopic (exact) mass is 408 g/mol. The number of hydrogen-bond acceptors (Lipinski definition) is 5. The Morgan fingerprint density at radius 2 is 1.83 bits per heavy atom. The molecule has 1 aliphatic carbocycles. The lowest BCUT2D eigenvalue weighted by Gasteiger charge is -2.20. The first-order valence-corrected chi connectivity index (χ1v) is 10.6. The lowest BCUT2D eigenvalue weighted by atomic mass is 9.98. The minimum Gasteiger partial charge on any atom is -0.497 e. The van der Waals surface area contributed by atoms with Gasteiger partial charge in [-0.2, -0.15) is 0 Å². The van der Waals surface area contributed by atoms with E-state index in [-0.39, 0.29) is 17.7 Å². The molecule has 1 aromatic heterocycles. The third kappa shape index (κ3) is 4.62. The number of ether oxygens (including phenoxy) is 1. The van der Waals surface area contributed by atoms with Crippen molar-refractivity contribution in [3.05, 3.63) is 71.5 Å². The van der Waals surface area contributed by atoms with E-state index < -0.39 is 0 Å². The molecule has 1 aliphatic rings. The number of nitrogens with one attached hydrogen (secondary N) is 1. The molecule has 1 amide bonds. The van der Waals surface area contributed by atoms with Crippen molar-refractivity contribution >= 4 is 17.7 Å². The van der Waals surface area contributed by atoms with Gasteiger partial charge in [0.05, 0.1) is 18.9 Å². The van der Waals surface area contributed by atoms with Gasteiger partial charge in [0.15, 0.2) is 5.16 Å². The lowest BCUT2D eigenvalue weighted by molar-refractivity contribution is -0.119. The first-order chi connectivity index (χ1) is 14.2. The summed E-state index contributed by atoms with van der Waals surface area (Å²) in [4.78, 5) is 12.7. The van der Waals surface area contributed by atoms with E-state index in [4.69, 9.17) is 4.74 Å². The summed E-state index contributed by atoms with van der Waals surface area (Å²) < 4.78 is 7.26.